The van der Waals surface area contributed by atoms with E-state index in [-0.39, 0.29) is 10.9 Å². The van der Waals surface area contributed by atoms with E-state index in [9.17, 15) is 8.42 Å². The summed E-state index contributed by atoms with van der Waals surface area (Å²) < 4.78 is 33.4. The molecule has 0 bridgehead atoms. The van der Waals surface area contributed by atoms with Crippen LogP contribution in [0.15, 0.2) is 65.8 Å². The van der Waals surface area contributed by atoms with Crippen LogP contribution in [0.25, 0.3) is 0 Å². The van der Waals surface area contributed by atoms with Gasteiger partial charge in [-0.25, -0.2) is 18.4 Å². The second-order valence-corrected chi connectivity index (χ2v) is 9.85. The van der Waals surface area contributed by atoms with Gasteiger partial charge in [-0.1, -0.05) is 35.3 Å². The SMILES string of the molecule is C[C@@H]1CN(c2cc(Oc3ccccc3Cl)ncn2)CCN1S(=O)(=O)c1ccc(Cl)cc1. The van der Waals surface area contributed by atoms with Crippen LogP contribution in [0.5, 0.6) is 11.6 Å². The van der Waals surface area contributed by atoms with Crippen LogP contribution in [-0.2, 0) is 10.0 Å². The lowest BCUT2D eigenvalue weighted by molar-refractivity contribution is 0.305. The monoisotopic (exact) mass is 478 g/mol. The van der Waals surface area contributed by atoms with Crippen LogP contribution in [-0.4, -0.2) is 48.4 Å². The van der Waals surface area contributed by atoms with Gasteiger partial charge in [0.2, 0.25) is 15.9 Å². The lowest BCUT2D eigenvalue weighted by Crippen LogP contribution is -2.54. The highest BCUT2D eigenvalue weighted by molar-refractivity contribution is 7.89. The summed E-state index contributed by atoms with van der Waals surface area (Å²) in [5, 5.41) is 0.979. The Morgan fingerprint density at radius 1 is 1.03 bits per heavy atom. The number of para-hydroxylation sites is 1. The Bertz CT molecular complexity index is 1180. The molecule has 1 saturated heterocycles. The van der Waals surface area contributed by atoms with Gasteiger partial charge in [-0.3, -0.25) is 0 Å². The summed E-state index contributed by atoms with van der Waals surface area (Å²) in [5.74, 6) is 1.52. The van der Waals surface area contributed by atoms with Gasteiger partial charge in [0.05, 0.1) is 9.92 Å². The fourth-order valence-corrected chi connectivity index (χ4v) is 5.36. The second kappa shape index (κ2) is 9.00. The average Bonchev–Trinajstić information content (AvgIpc) is 2.76. The van der Waals surface area contributed by atoms with Crippen LogP contribution in [0.2, 0.25) is 10.0 Å². The number of benzene rings is 2. The summed E-state index contributed by atoms with van der Waals surface area (Å²) in [4.78, 5) is 10.7. The molecule has 0 saturated carbocycles. The maximum Gasteiger partial charge on any atom is 0.243 e. The van der Waals surface area contributed by atoms with Crippen LogP contribution in [0.4, 0.5) is 5.82 Å². The van der Waals surface area contributed by atoms with Gasteiger partial charge in [-0.15, -0.1) is 0 Å². The number of halogens is 2. The first-order chi connectivity index (χ1) is 14.8. The minimum atomic E-state index is -3.61. The van der Waals surface area contributed by atoms with Crippen LogP contribution >= 0.6 is 23.2 Å². The normalized spacial score (nSPS) is 17.5. The first-order valence-electron chi connectivity index (χ1n) is 9.61. The Morgan fingerprint density at radius 3 is 2.48 bits per heavy atom. The predicted molar refractivity (Wildman–Crippen MR) is 121 cm³/mol. The van der Waals surface area contributed by atoms with Gasteiger partial charge in [0, 0.05) is 36.8 Å². The number of nitrogens with zero attached hydrogens (tertiary/aromatic N) is 4. The summed E-state index contributed by atoms with van der Waals surface area (Å²) in [5.41, 5.74) is 0. The van der Waals surface area contributed by atoms with Crippen LogP contribution < -0.4 is 9.64 Å². The van der Waals surface area contributed by atoms with Crippen LogP contribution in [0, 0.1) is 0 Å². The van der Waals surface area contributed by atoms with Crippen molar-refractivity contribution < 1.29 is 13.2 Å². The highest BCUT2D eigenvalue weighted by Crippen LogP contribution is 2.30. The average molecular weight is 479 g/mol. The number of sulfonamides is 1. The van der Waals surface area contributed by atoms with Gasteiger partial charge < -0.3 is 9.64 Å². The molecular formula is C21H20Cl2N4O3S. The molecule has 1 atom stereocenters. The zero-order chi connectivity index (χ0) is 22.0. The van der Waals surface area contributed by atoms with Crippen molar-refractivity contribution in [2.24, 2.45) is 0 Å². The number of hydrogen-bond acceptors (Lipinski definition) is 6. The van der Waals surface area contributed by atoms with E-state index in [2.05, 4.69) is 9.97 Å². The molecule has 7 nitrogen and oxygen atoms in total. The molecule has 0 unspecified atom stereocenters. The Kier molecular flexibility index (Phi) is 6.34. The molecule has 31 heavy (non-hydrogen) atoms. The molecule has 10 heteroatoms. The maximum absolute atomic E-state index is 13.0. The highest BCUT2D eigenvalue weighted by Gasteiger charge is 2.34. The van der Waals surface area contributed by atoms with Crippen molar-refractivity contribution in [3.8, 4) is 11.6 Å². The molecule has 0 N–H and O–H groups in total. The van der Waals surface area contributed by atoms with Gasteiger partial charge in [-0.2, -0.15) is 4.31 Å². The van der Waals surface area contributed by atoms with E-state index in [1.165, 1.54) is 22.8 Å². The lowest BCUT2D eigenvalue weighted by atomic mass is 10.2. The van der Waals surface area contributed by atoms with Crippen LogP contribution in [0.1, 0.15) is 6.92 Å². The number of ether oxygens (including phenoxy) is 1. The topological polar surface area (TPSA) is 75.6 Å². The molecular weight excluding hydrogens is 459 g/mol. The molecule has 0 amide bonds. The van der Waals surface area contributed by atoms with Gasteiger partial charge >= 0.3 is 0 Å². The summed E-state index contributed by atoms with van der Waals surface area (Å²) >= 11 is 12.0. The third-order valence-corrected chi connectivity index (χ3v) is 7.58. The minimum absolute atomic E-state index is 0.231. The summed E-state index contributed by atoms with van der Waals surface area (Å²) in [6.45, 7) is 3.17. The molecule has 1 aromatic heterocycles. The van der Waals surface area contributed by atoms with Crippen molar-refractivity contribution in [3.05, 3.63) is 71.0 Å². The zero-order valence-electron chi connectivity index (χ0n) is 16.6. The van der Waals surface area contributed by atoms with Crippen molar-refractivity contribution in [2.75, 3.05) is 24.5 Å². The smallest absolute Gasteiger partial charge is 0.243 e. The molecule has 0 spiro atoms. The summed E-state index contributed by atoms with van der Waals surface area (Å²) in [6, 6.07) is 14.8. The van der Waals surface area contributed by atoms with E-state index in [0.717, 1.165) is 0 Å². The van der Waals surface area contributed by atoms with Crippen molar-refractivity contribution in [3.63, 3.8) is 0 Å². The zero-order valence-corrected chi connectivity index (χ0v) is 19.0. The molecule has 0 aliphatic carbocycles. The number of rotatable bonds is 5. The van der Waals surface area contributed by atoms with E-state index in [4.69, 9.17) is 27.9 Å². The minimum Gasteiger partial charge on any atom is -0.437 e. The molecule has 2 aromatic carbocycles. The Hall–Kier alpha value is -2.39. The molecule has 1 aliphatic rings. The van der Waals surface area contributed by atoms with E-state index < -0.39 is 10.0 Å². The van der Waals surface area contributed by atoms with Gasteiger partial charge in [0.15, 0.2) is 0 Å². The number of anilines is 1. The van der Waals surface area contributed by atoms with Gasteiger partial charge in [-0.05, 0) is 43.3 Å². The molecule has 1 aliphatic heterocycles. The Balaban J connectivity index is 1.49. The van der Waals surface area contributed by atoms with E-state index >= 15 is 0 Å². The number of hydrogen-bond donors (Lipinski definition) is 0. The maximum atomic E-state index is 13.0. The number of aromatic nitrogens is 2. The van der Waals surface area contributed by atoms with Gasteiger partial charge in [0.1, 0.15) is 17.9 Å². The second-order valence-electron chi connectivity index (χ2n) is 7.11. The summed E-state index contributed by atoms with van der Waals surface area (Å²) in [7, 11) is -3.61. The highest BCUT2D eigenvalue weighted by atomic mass is 35.5. The molecule has 3 aromatic rings. The van der Waals surface area contributed by atoms with Crippen molar-refractivity contribution in [1.29, 1.82) is 0 Å². The first kappa shape index (κ1) is 21.8. The first-order valence-corrected chi connectivity index (χ1v) is 11.8. The quantitative estimate of drug-likeness (QED) is 0.538. The van der Waals surface area contributed by atoms with Crippen molar-refractivity contribution >= 4 is 39.0 Å². The van der Waals surface area contributed by atoms with E-state index in [1.54, 1.807) is 30.3 Å². The van der Waals surface area contributed by atoms with Crippen molar-refractivity contribution in [2.45, 2.75) is 17.9 Å². The molecule has 0 radical (unpaired) electrons. The van der Waals surface area contributed by atoms with Gasteiger partial charge in [0.25, 0.3) is 0 Å². The standard InChI is InChI=1S/C21H20Cl2N4O3S/c1-15-13-26(10-11-27(15)31(28,29)17-8-6-16(22)7-9-17)20-12-21(25-14-24-20)30-19-5-3-2-4-18(19)23/h2-9,12,14-15H,10-11,13H2,1H3/t15-/m1/s1. The summed E-state index contributed by atoms with van der Waals surface area (Å²) in [6.07, 6.45) is 1.42. The predicted octanol–water partition coefficient (Wildman–Crippen LogP) is 4.48. The van der Waals surface area contributed by atoms with E-state index in [1.807, 2.05) is 24.0 Å². The Morgan fingerprint density at radius 2 is 1.77 bits per heavy atom. The van der Waals surface area contributed by atoms with Crippen molar-refractivity contribution in [1.82, 2.24) is 14.3 Å². The number of piperazine rings is 1. The fraction of sp³-hybridized carbons (Fsp3) is 0.238. The molecule has 1 fully saturated rings. The third kappa shape index (κ3) is 4.77. The third-order valence-electron chi connectivity index (χ3n) is 4.99. The molecule has 2 heterocycles. The molecule has 4 rings (SSSR count). The fourth-order valence-electron chi connectivity index (χ4n) is 3.45. The van der Waals surface area contributed by atoms with Crippen LogP contribution in [0.3, 0.4) is 0 Å². The van der Waals surface area contributed by atoms with E-state index in [0.29, 0.717) is 47.1 Å². The lowest BCUT2D eigenvalue weighted by Gasteiger charge is -2.39. The Labute approximate surface area is 191 Å². The molecule has 162 valence electrons. The largest absolute Gasteiger partial charge is 0.437 e.